The maximum Gasteiger partial charge on any atom is 0.224 e. The highest BCUT2D eigenvalue weighted by Crippen LogP contribution is 2.16. The number of nitrogens with zero attached hydrogens (tertiary/aromatic N) is 1. The zero-order valence-corrected chi connectivity index (χ0v) is 12.6. The number of rotatable bonds is 8. The van der Waals surface area contributed by atoms with Gasteiger partial charge in [-0.1, -0.05) is 19.4 Å². The van der Waals surface area contributed by atoms with E-state index in [-0.39, 0.29) is 17.9 Å². The maximum absolute atomic E-state index is 12.0. The van der Waals surface area contributed by atoms with E-state index in [0.717, 1.165) is 18.4 Å². The van der Waals surface area contributed by atoms with E-state index in [9.17, 15) is 4.79 Å². The van der Waals surface area contributed by atoms with Gasteiger partial charge in [-0.15, -0.1) is 0 Å². The average molecular weight is 279 g/mol. The minimum atomic E-state index is -0.119. The predicted molar refractivity (Wildman–Crippen MR) is 79.3 cm³/mol. The summed E-state index contributed by atoms with van der Waals surface area (Å²) in [5.41, 5.74) is 6.50. The molecule has 0 fully saturated rings. The zero-order chi connectivity index (χ0) is 15.0. The summed E-state index contributed by atoms with van der Waals surface area (Å²) in [6.45, 7) is 6.73. The third-order valence-corrected chi connectivity index (χ3v) is 2.94. The summed E-state index contributed by atoms with van der Waals surface area (Å²) in [7, 11) is 0. The molecule has 0 aromatic carbocycles. The maximum atomic E-state index is 12.0. The Morgan fingerprint density at radius 1 is 1.50 bits per heavy atom. The van der Waals surface area contributed by atoms with Crippen molar-refractivity contribution in [1.82, 2.24) is 10.3 Å². The van der Waals surface area contributed by atoms with Crippen LogP contribution in [-0.4, -0.2) is 23.5 Å². The Labute approximate surface area is 120 Å². The van der Waals surface area contributed by atoms with Crippen molar-refractivity contribution in [2.24, 2.45) is 11.7 Å². The first-order valence-electron chi connectivity index (χ1n) is 7.16. The van der Waals surface area contributed by atoms with Gasteiger partial charge >= 0.3 is 0 Å². The van der Waals surface area contributed by atoms with Crippen LogP contribution in [0.2, 0.25) is 0 Å². The van der Waals surface area contributed by atoms with Crippen LogP contribution in [-0.2, 0) is 11.3 Å². The Morgan fingerprint density at radius 2 is 2.25 bits per heavy atom. The van der Waals surface area contributed by atoms with E-state index in [1.54, 1.807) is 6.20 Å². The molecule has 0 bridgehead atoms. The lowest BCUT2D eigenvalue weighted by molar-refractivity contribution is -0.125. The highest BCUT2D eigenvalue weighted by molar-refractivity contribution is 5.78. The molecule has 0 spiro atoms. The summed E-state index contributed by atoms with van der Waals surface area (Å²) in [6.07, 6.45) is 3.49. The van der Waals surface area contributed by atoms with Crippen molar-refractivity contribution >= 4 is 5.91 Å². The molecule has 0 aliphatic rings. The van der Waals surface area contributed by atoms with E-state index in [4.69, 9.17) is 10.5 Å². The Balaban J connectivity index is 2.62. The van der Waals surface area contributed by atoms with Crippen molar-refractivity contribution in [2.45, 2.75) is 46.3 Å². The number of hydrogen-bond acceptors (Lipinski definition) is 4. The van der Waals surface area contributed by atoms with Crippen LogP contribution in [0, 0.1) is 5.92 Å². The fraction of sp³-hybridized carbons (Fsp3) is 0.600. The van der Waals surface area contributed by atoms with Crippen LogP contribution in [0.1, 0.15) is 39.2 Å². The minimum absolute atomic E-state index is 0.00583. The molecule has 1 amide bonds. The summed E-state index contributed by atoms with van der Waals surface area (Å²) >= 11 is 0. The standard InChI is InChI=1S/C15H25N3O2/c1-4-6-12(9-16)14(19)18-10-13-7-5-8-17-15(13)20-11(2)3/h5,7-8,11-12H,4,6,9-10,16H2,1-3H3,(H,18,19). The number of nitrogens with two attached hydrogens (primary N) is 1. The summed E-state index contributed by atoms with van der Waals surface area (Å²) in [4.78, 5) is 16.2. The van der Waals surface area contributed by atoms with Crippen LogP contribution in [0.5, 0.6) is 5.88 Å². The van der Waals surface area contributed by atoms with Gasteiger partial charge in [-0.3, -0.25) is 4.79 Å². The van der Waals surface area contributed by atoms with E-state index in [1.807, 2.05) is 32.9 Å². The van der Waals surface area contributed by atoms with Crippen LogP contribution in [0.4, 0.5) is 0 Å². The van der Waals surface area contributed by atoms with Crippen molar-refractivity contribution < 1.29 is 9.53 Å². The average Bonchev–Trinajstić information content (AvgIpc) is 2.43. The molecular weight excluding hydrogens is 254 g/mol. The third-order valence-electron chi connectivity index (χ3n) is 2.94. The van der Waals surface area contributed by atoms with E-state index < -0.39 is 0 Å². The predicted octanol–water partition coefficient (Wildman–Crippen LogP) is 1.86. The van der Waals surface area contributed by atoms with E-state index >= 15 is 0 Å². The Kier molecular flexibility index (Phi) is 7.01. The summed E-state index contributed by atoms with van der Waals surface area (Å²) < 4.78 is 5.62. The molecule has 5 heteroatoms. The fourth-order valence-electron chi connectivity index (χ4n) is 1.92. The van der Waals surface area contributed by atoms with Gasteiger partial charge in [-0.25, -0.2) is 4.98 Å². The van der Waals surface area contributed by atoms with Crippen LogP contribution >= 0.6 is 0 Å². The highest BCUT2D eigenvalue weighted by Gasteiger charge is 2.16. The molecule has 0 aliphatic heterocycles. The lowest BCUT2D eigenvalue weighted by atomic mass is 10.0. The molecule has 0 saturated heterocycles. The fourth-order valence-corrected chi connectivity index (χ4v) is 1.92. The van der Waals surface area contributed by atoms with Gasteiger partial charge in [0.1, 0.15) is 0 Å². The Morgan fingerprint density at radius 3 is 2.85 bits per heavy atom. The number of nitrogens with one attached hydrogen (secondary N) is 1. The van der Waals surface area contributed by atoms with Crippen molar-refractivity contribution in [2.75, 3.05) is 6.54 Å². The molecule has 1 aromatic rings. The van der Waals surface area contributed by atoms with Crippen molar-refractivity contribution in [1.29, 1.82) is 0 Å². The van der Waals surface area contributed by atoms with Gasteiger partial charge < -0.3 is 15.8 Å². The number of aromatic nitrogens is 1. The van der Waals surface area contributed by atoms with E-state index in [1.165, 1.54) is 0 Å². The molecule has 112 valence electrons. The molecule has 0 radical (unpaired) electrons. The summed E-state index contributed by atoms with van der Waals surface area (Å²) in [5.74, 6) is 0.447. The molecule has 0 saturated carbocycles. The summed E-state index contributed by atoms with van der Waals surface area (Å²) in [5, 5.41) is 2.91. The van der Waals surface area contributed by atoms with Crippen molar-refractivity contribution in [3.8, 4) is 5.88 Å². The van der Waals surface area contributed by atoms with Crippen molar-refractivity contribution in [3.05, 3.63) is 23.9 Å². The van der Waals surface area contributed by atoms with Gasteiger partial charge in [0, 0.05) is 24.8 Å². The molecule has 3 N–H and O–H groups in total. The largest absolute Gasteiger partial charge is 0.475 e. The number of pyridine rings is 1. The second-order valence-electron chi connectivity index (χ2n) is 5.07. The molecule has 1 heterocycles. The highest BCUT2D eigenvalue weighted by atomic mass is 16.5. The smallest absolute Gasteiger partial charge is 0.224 e. The molecule has 1 aromatic heterocycles. The topological polar surface area (TPSA) is 77.2 Å². The first-order chi connectivity index (χ1) is 9.58. The molecule has 1 rings (SSSR count). The van der Waals surface area contributed by atoms with E-state index in [0.29, 0.717) is 19.0 Å². The minimum Gasteiger partial charge on any atom is -0.475 e. The molecular formula is C15H25N3O2. The van der Waals surface area contributed by atoms with Gasteiger partial charge in [0.2, 0.25) is 11.8 Å². The second-order valence-corrected chi connectivity index (χ2v) is 5.07. The van der Waals surface area contributed by atoms with Gasteiger partial charge in [-0.05, 0) is 26.3 Å². The Hall–Kier alpha value is -1.62. The van der Waals surface area contributed by atoms with Crippen LogP contribution in [0.3, 0.4) is 0 Å². The molecule has 0 aliphatic carbocycles. The third kappa shape index (κ3) is 5.17. The first-order valence-corrected chi connectivity index (χ1v) is 7.16. The van der Waals surface area contributed by atoms with Crippen LogP contribution < -0.4 is 15.8 Å². The van der Waals surface area contributed by atoms with E-state index in [2.05, 4.69) is 10.3 Å². The monoisotopic (exact) mass is 279 g/mol. The quantitative estimate of drug-likeness (QED) is 0.761. The molecule has 20 heavy (non-hydrogen) atoms. The zero-order valence-electron chi connectivity index (χ0n) is 12.6. The van der Waals surface area contributed by atoms with Gasteiger partial charge in [0.05, 0.1) is 12.0 Å². The normalized spacial score (nSPS) is 12.2. The lowest BCUT2D eigenvalue weighted by Crippen LogP contribution is -2.34. The van der Waals surface area contributed by atoms with Crippen molar-refractivity contribution in [3.63, 3.8) is 0 Å². The number of hydrogen-bond donors (Lipinski definition) is 2. The van der Waals surface area contributed by atoms with Gasteiger partial charge in [-0.2, -0.15) is 0 Å². The SMILES string of the molecule is CCCC(CN)C(=O)NCc1cccnc1OC(C)C. The molecule has 5 nitrogen and oxygen atoms in total. The molecule has 1 atom stereocenters. The first kappa shape index (κ1) is 16.4. The number of ether oxygens (including phenoxy) is 1. The second kappa shape index (κ2) is 8.53. The molecule has 1 unspecified atom stereocenters. The van der Waals surface area contributed by atoms with Gasteiger partial charge in [0.25, 0.3) is 0 Å². The summed E-state index contributed by atoms with van der Waals surface area (Å²) in [6, 6.07) is 3.74. The van der Waals surface area contributed by atoms with Gasteiger partial charge in [0.15, 0.2) is 0 Å². The van der Waals surface area contributed by atoms with Crippen LogP contribution in [0.25, 0.3) is 0 Å². The number of carbonyl (C=O) groups excluding carboxylic acids is 1. The Bertz CT molecular complexity index is 421. The lowest BCUT2D eigenvalue weighted by Gasteiger charge is -2.16. The van der Waals surface area contributed by atoms with Crippen LogP contribution in [0.15, 0.2) is 18.3 Å². The number of carbonyl (C=O) groups is 1. The number of amides is 1.